The summed E-state index contributed by atoms with van der Waals surface area (Å²) in [6, 6.07) is 18.3. The maximum Gasteiger partial charge on any atom is 0.350 e. The Kier molecular flexibility index (Phi) is 8.06. The number of carbonyl (C=O) groups is 1. The number of rotatable bonds is 9. The van der Waals surface area contributed by atoms with Crippen molar-refractivity contribution in [3.05, 3.63) is 77.0 Å². The second kappa shape index (κ2) is 11.4. The quantitative estimate of drug-likeness (QED) is 0.503. The van der Waals surface area contributed by atoms with Gasteiger partial charge in [0.1, 0.15) is 6.33 Å². The van der Waals surface area contributed by atoms with Crippen molar-refractivity contribution in [1.29, 1.82) is 0 Å². The molecule has 1 aliphatic heterocycles. The molecule has 7 heteroatoms. The Hall–Kier alpha value is -3.35. The van der Waals surface area contributed by atoms with Crippen molar-refractivity contribution in [1.82, 2.24) is 19.7 Å². The number of piperidine rings is 1. The number of hydrogen-bond acceptors (Lipinski definition) is 4. The number of benzene rings is 2. The molecule has 0 bridgehead atoms. The van der Waals surface area contributed by atoms with E-state index in [1.807, 2.05) is 30.3 Å². The molecule has 0 radical (unpaired) electrons. The average Bonchev–Trinajstić information content (AvgIpc) is 3.23. The molecular formula is C28H37N5O2. The van der Waals surface area contributed by atoms with Crippen LogP contribution < -0.4 is 15.9 Å². The highest BCUT2D eigenvalue weighted by molar-refractivity contribution is 5.84. The largest absolute Gasteiger partial charge is 0.372 e. The van der Waals surface area contributed by atoms with Gasteiger partial charge in [-0.15, -0.1) is 0 Å². The molecule has 186 valence electrons. The van der Waals surface area contributed by atoms with E-state index in [9.17, 15) is 9.59 Å². The normalized spacial score (nSPS) is 15.4. The van der Waals surface area contributed by atoms with Gasteiger partial charge in [0.25, 0.3) is 0 Å². The van der Waals surface area contributed by atoms with E-state index in [0.29, 0.717) is 24.9 Å². The van der Waals surface area contributed by atoms with Crippen molar-refractivity contribution in [3.8, 4) is 5.69 Å². The first-order valence-electron chi connectivity index (χ1n) is 12.8. The number of amides is 1. The summed E-state index contributed by atoms with van der Waals surface area (Å²) in [6.45, 7) is 9.36. The summed E-state index contributed by atoms with van der Waals surface area (Å²) in [7, 11) is 0. The molecular weight excluding hydrogens is 438 g/mol. The fourth-order valence-corrected chi connectivity index (χ4v) is 4.96. The zero-order chi connectivity index (χ0) is 24.8. The third-order valence-electron chi connectivity index (χ3n) is 6.77. The van der Waals surface area contributed by atoms with Crippen molar-refractivity contribution in [3.63, 3.8) is 0 Å². The lowest BCUT2D eigenvalue weighted by Crippen LogP contribution is -2.40. The molecule has 0 spiro atoms. The van der Waals surface area contributed by atoms with Gasteiger partial charge in [0, 0.05) is 31.9 Å². The van der Waals surface area contributed by atoms with Crippen LogP contribution in [0.4, 0.5) is 5.69 Å². The van der Waals surface area contributed by atoms with Crippen LogP contribution in [0.3, 0.4) is 0 Å². The first-order chi connectivity index (χ1) is 17.0. The Morgan fingerprint density at radius 2 is 1.69 bits per heavy atom. The molecule has 4 rings (SSSR count). The molecule has 2 heterocycles. The third-order valence-corrected chi connectivity index (χ3v) is 6.77. The minimum absolute atomic E-state index is 0.110. The molecule has 35 heavy (non-hydrogen) atoms. The molecule has 1 aliphatic rings. The summed E-state index contributed by atoms with van der Waals surface area (Å²) >= 11 is 0. The molecule has 1 amide bonds. The van der Waals surface area contributed by atoms with Gasteiger partial charge in [-0.05, 0) is 60.9 Å². The van der Waals surface area contributed by atoms with E-state index >= 15 is 0 Å². The van der Waals surface area contributed by atoms with Crippen LogP contribution in [0, 0.1) is 11.8 Å². The van der Waals surface area contributed by atoms with Crippen LogP contribution >= 0.6 is 0 Å². The van der Waals surface area contributed by atoms with Gasteiger partial charge < -0.3 is 10.2 Å². The van der Waals surface area contributed by atoms with E-state index in [1.54, 1.807) is 10.9 Å². The van der Waals surface area contributed by atoms with Crippen LogP contribution in [-0.2, 0) is 11.3 Å². The molecule has 1 N–H and O–H groups in total. The van der Waals surface area contributed by atoms with Gasteiger partial charge in [0.15, 0.2) is 0 Å². The van der Waals surface area contributed by atoms with Gasteiger partial charge in [-0.2, -0.15) is 5.10 Å². The lowest BCUT2D eigenvalue weighted by Gasteiger charge is -2.37. The van der Waals surface area contributed by atoms with Gasteiger partial charge >= 0.3 is 5.69 Å². The standard InChI is InChI=1S/C28H37N5O2/c1-4-16-29-27(34)26(22-8-6-5-7-9-22)23-14-17-31(18-15-23)24-10-12-25(13-11-24)32-20-30-33(28(32)35)19-21(2)3/h5-13,20-21,23,26H,4,14-19H2,1-3H3,(H,29,34). The number of hydrogen-bond donors (Lipinski definition) is 1. The van der Waals surface area contributed by atoms with E-state index in [4.69, 9.17) is 0 Å². The van der Waals surface area contributed by atoms with E-state index in [-0.39, 0.29) is 17.5 Å². The van der Waals surface area contributed by atoms with E-state index in [0.717, 1.165) is 49.3 Å². The summed E-state index contributed by atoms with van der Waals surface area (Å²) in [5.41, 5.74) is 2.95. The highest BCUT2D eigenvalue weighted by Crippen LogP contribution is 2.34. The Morgan fingerprint density at radius 3 is 2.31 bits per heavy atom. The monoisotopic (exact) mass is 475 g/mol. The molecule has 7 nitrogen and oxygen atoms in total. The third kappa shape index (κ3) is 5.84. The average molecular weight is 476 g/mol. The number of carbonyl (C=O) groups excluding carboxylic acids is 1. The lowest BCUT2D eigenvalue weighted by molar-refractivity contribution is -0.124. The van der Waals surface area contributed by atoms with Crippen LogP contribution in [0.15, 0.2) is 65.7 Å². The first-order valence-corrected chi connectivity index (χ1v) is 12.8. The number of anilines is 1. The molecule has 1 unspecified atom stereocenters. The van der Waals surface area contributed by atoms with Crippen LogP contribution in [0.2, 0.25) is 0 Å². The van der Waals surface area contributed by atoms with Crippen LogP contribution in [-0.4, -0.2) is 39.9 Å². The Morgan fingerprint density at radius 1 is 1.03 bits per heavy atom. The fourth-order valence-electron chi connectivity index (χ4n) is 4.96. The van der Waals surface area contributed by atoms with Crippen molar-refractivity contribution >= 4 is 11.6 Å². The molecule has 1 fully saturated rings. The van der Waals surface area contributed by atoms with Gasteiger partial charge in [0.05, 0.1) is 11.6 Å². The Bertz CT molecular complexity index is 1140. The van der Waals surface area contributed by atoms with Gasteiger partial charge in [-0.25, -0.2) is 14.0 Å². The van der Waals surface area contributed by atoms with Gasteiger partial charge in [-0.1, -0.05) is 51.1 Å². The summed E-state index contributed by atoms with van der Waals surface area (Å²) in [5, 5.41) is 7.37. The van der Waals surface area contributed by atoms with E-state index in [2.05, 4.69) is 60.4 Å². The Labute approximate surface area is 207 Å². The number of nitrogens with one attached hydrogen (secondary N) is 1. The molecule has 3 aromatic rings. The predicted molar refractivity (Wildman–Crippen MR) is 140 cm³/mol. The van der Waals surface area contributed by atoms with Crippen molar-refractivity contribution in [2.45, 2.75) is 52.5 Å². The molecule has 1 saturated heterocycles. The Balaban J connectivity index is 1.43. The summed E-state index contributed by atoms with van der Waals surface area (Å²) in [4.78, 5) is 28.1. The zero-order valence-corrected chi connectivity index (χ0v) is 21.1. The molecule has 0 saturated carbocycles. The minimum atomic E-state index is -0.111. The zero-order valence-electron chi connectivity index (χ0n) is 21.1. The summed E-state index contributed by atoms with van der Waals surface area (Å²) < 4.78 is 3.11. The van der Waals surface area contributed by atoms with Crippen LogP contribution in [0.25, 0.3) is 5.69 Å². The predicted octanol–water partition coefficient (Wildman–Crippen LogP) is 4.22. The maximum atomic E-state index is 13.1. The van der Waals surface area contributed by atoms with Crippen LogP contribution in [0.5, 0.6) is 0 Å². The fraction of sp³-hybridized carbons (Fsp3) is 0.464. The molecule has 0 aliphatic carbocycles. The van der Waals surface area contributed by atoms with E-state index in [1.165, 1.54) is 4.68 Å². The smallest absolute Gasteiger partial charge is 0.350 e. The highest BCUT2D eigenvalue weighted by Gasteiger charge is 2.32. The second-order valence-electron chi connectivity index (χ2n) is 9.88. The first kappa shape index (κ1) is 24.8. The van der Waals surface area contributed by atoms with Crippen molar-refractivity contribution < 1.29 is 4.79 Å². The lowest BCUT2D eigenvalue weighted by atomic mass is 9.79. The van der Waals surface area contributed by atoms with Gasteiger partial charge in [-0.3, -0.25) is 4.79 Å². The molecule has 1 atom stereocenters. The summed E-state index contributed by atoms with van der Waals surface area (Å²) in [5.74, 6) is 0.710. The maximum absolute atomic E-state index is 13.1. The number of aromatic nitrogens is 3. The highest BCUT2D eigenvalue weighted by atomic mass is 16.2. The van der Waals surface area contributed by atoms with E-state index < -0.39 is 0 Å². The van der Waals surface area contributed by atoms with Crippen molar-refractivity contribution in [2.75, 3.05) is 24.5 Å². The summed E-state index contributed by atoms with van der Waals surface area (Å²) in [6.07, 6.45) is 4.45. The topological polar surface area (TPSA) is 72.2 Å². The minimum Gasteiger partial charge on any atom is -0.372 e. The van der Waals surface area contributed by atoms with Crippen molar-refractivity contribution in [2.24, 2.45) is 11.8 Å². The van der Waals surface area contributed by atoms with Gasteiger partial charge in [0.2, 0.25) is 5.91 Å². The molecule has 2 aromatic carbocycles. The second-order valence-corrected chi connectivity index (χ2v) is 9.88. The molecule has 1 aromatic heterocycles. The SMILES string of the molecule is CCCNC(=O)C(c1ccccc1)C1CCN(c2ccc(-n3cnn(CC(C)C)c3=O)cc2)CC1. The number of nitrogens with zero attached hydrogens (tertiary/aromatic N) is 4. The van der Waals surface area contributed by atoms with Crippen LogP contribution in [0.1, 0.15) is 51.5 Å².